The topological polar surface area (TPSA) is 48.8 Å². The first-order valence-electron chi connectivity index (χ1n) is 4.48. The molecule has 0 aliphatic rings. The maximum absolute atomic E-state index is 7.53. The van der Waals surface area contributed by atoms with Crippen LogP contribution < -0.4 is 5.09 Å². The highest BCUT2D eigenvalue weighted by molar-refractivity contribution is 14.2. The second kappa shape index (κ2) is 8.25. The van der Waals surface area contributed by atoms with Gasteiger partial charge in [0.2, 0.25) is 0 Å². The van der Waals surface area contributed by atoms with Crippen LogP contribution >= 0.6 is 40.0 Å². The standard InChI is InChI=1S/C7H8ClIN3P.C2H6/c1-4(10)5-2-7(8)11-3-6(5)12-13-9;1-2/h2-3,10,12-13H,1H3;1-2H3. The largest absolute Gasteiger partial charge is 0.357 e. The van der Waals surface area contributed by atoms with Crippen molar-refractivity contribution in [3.63, 3.8) is 0 Å². The van der Waals surface area contributed by atoms with Gasteiger partial charge in [0.15, 0.2) is 0 Å². The van der Waals surface area contributed by atoms with Crippen LogP contribution in [0, 0.1) is 5.41 Å². The Kier molecular flexibility index (Phi) is 8.29. The Balaban J connectivity index is 0.000000921. The maximum Gasteiger partial charge on any atom is 0.129 e. The van der Waals surface area contributed by atoms with Gasteiger partial charge in [-0.15, -0.1) is 0 Å². The lowest BCUT2D eigenvalue weighted by Crippen LogP contribution is -1.98. The normalized spacial score (nSPS) is 9.67. The van der Waals surface area contributed by atoms with Crippen LogP contribution in [0.25, 0.3) is 0 Å². The van der Waals surface area contributed by atoms with E-state index in [0.29, 0.717) is 17.2 Å². The Morgan fingerprint density at radius 1 is 1.60 bits per heavy atom. The Morgan fingerprint density at radius 2 is 2.20 bits per heavy atom. The first-order chi connectivity index (χ1) is 7.15. The van der Waals surface area contributed by atoms with Crippen molar-refractivity contribution in [1.29, 1.82) is 5.41 Å². The van der Waals surface area contributed by atoms with Gasteiger partial charge in [-0.2, -0.15) is 0 Å². The van der Waals surface area contributed by atoms with Gasteiger partial charge in [0.1, 0.15) is 5.15 Å². The minimum atomic E-state index is 0.420. The first kappa shape index (κ1) is 15.1. The summed E-state index contributed by atoms with van der Waals surface area (Å²) in [5, 5.41) is 11.1. The van der Waals surface area contributed by atoms with Crippen LogP contribution in [0.15, 0.2) is 12.3 Å². The highest BCUT2D eigenvalue weighted by atomic mass is 127. The molecule has 15 heavy (non-hydrogen) atoms. The Hall–Kier alpha value is 0.0700. The molecule has 1 rings (SSSR count). The fourth-order valence-corrected chi connectivity index (χ4v) is 2.22. The van der Waals surface area contributed by atoms with Crippen molar-refractivity contribution in [2.45, 2.75) is 20.8 Å². The predicted molar refractivity (Wildman–Crippen MR) is 79.1 cm³/mol. The zero-order valence-corrected chi connectivity index (χ0v) is 12.8. The van der Waals surface area contributed by atoms with E-state index in [-0.39, 0.29) is 0 Å². The second-order valence-corrected chi connectivity index (χ2v) is 4.84. The molecule has 0 saturated heterocycles. The smallest absolute Gasteiger partial charge is 0.129 e. The number of hydrogen-bond donors (Lipinski definition) is 2. The fourth-order valence-electron chi connectivity index (χ4n) is 0.891. The van der Waals surface area contributed by atoms with E-state index in [1.54, 1.807) is 19.2 Å². The number of nitrogens with one attached hydrogen (secondary N) is 2. The summed E-state index contributed by atoms with van der Waals surface area (Å²) in [6.45, 7) is 5.73. The minimum absolute atomic E-state index is 0.420. The molecule has 1 aromatic heterocycles. The molecule has 0 spiro atoms. The highest BCUT2D eigenvalue weighted by Gasteiger charge is 2.05. The average molecular weight is 358 g/mol. The van der Waals surface area contributed by atoms with E-state index < -0.39 is 0 Å². The summed E-state index contributed by atoms with van der Waals surface area (Å²) in [5.41, 5.74) is 2.16. The fraction of sp³-hybridized carbons (Fsp3) is 0.333. The number of rotatable bonds is 3. The molecule has 2 N–H and O–H groups in total. The molecule has 6 heteroatoms. The molecule has 0 radical (unpaired) electrons. The van der Waals surface area contributed by atoms with E-state index in [9.17, 15) is 0 Å². The van der Waals surface area contributed by atoms with Gasteiger partial charge in [0, 0.05) is 17.6 Å². The SMILES string of the molecule is CC.CC(=N)c1cc(Cl)ncc1NPI. The molecule has 3 nitrogen and oxygen atoms in total. The van der Waals surface area contributed by atoms with Crippen molar-refractivity contribution in [3.8, 4) is 0 Å². The quantitative estimate of drug-likeness (QED) is 0.362. The molecule has 84 valence electrons. The summed E-state index contributed by atoms with van der Waals surface area (Å²) in [5.74, 6) is 0. The molecule has 0 bridgehead atoms. The van der Waals surface area contributed by atoms with Gasteiger partial charge in [-0.05, 0) is 35.0 Å². The van der Waals surface area contributed by atoms with Crippen LogP contribution in [0.2, 0.25) is 5.15 Å². The summed E-state index contributed by atoms with van der Waals surface area (Å²) >= 11 is 7.95. The van der Waals surface area contributed by atoms with Crippen LogP contribution in [0.3, 0.4) is 0 Å². The minimum Gasteiger partial charge on any atom is -0.357 e. The summed E-state index contributed by atoms with van der Waals surface area (Å²) in [6, 6.07) is 1.70. The zero-order chi connectivity index (χ0) is 11.8. The molecule has 0 saturated carbocycles. The van der Waals surface area contributed by atoms with Crippen LogP contribution in [0.1, 0.15) is 26.3 Å². The maximum atomic E-state index is 7.53. The number of aromatic nitrogens is 1. The Labute approximate surface area is 110 Å². The van der Waals surface area contributed by atoms with Crippen molar-refractivity contribution >= 4 is 51.4 Å². The Bertz CT molecular complexity index is 333. The van der Waals surface area contributed by atoms with Gasteiger partial charge in [-0.25, -0.2) is 4.98 Å². The molecule has 1 atom stereocenters. The first-order valence-corrected chi connectivity index (χ1v) is 8.97. The van der Waals surface area contributed by atoms with Crippen molar-refractivity contribution in [1.82, 2.24) is 4.98 Å². The van der Waals surface area contributed by atoms with Crippen molar-refractivity contribution in [3.05, 3.63) is 23.0 Å². The Morgan fingerprint density at radius 3 is 2.67 bits per heavy atom. The van der Waals surface area contributed by atoms with Gasteiger partial charge >= 0.3 is 0 Å². The lowest BCUT2D eigenvalue weighted by Gasteiger charge is -2.07. The molecule has 1 unspecified atom stereocenters. The number of nitrogens with zero attached hydrogens (tertiary/aromatic N) is 1. The summed E-state index contributed by atoms with van der Waals surface area (Å²) < 4.78 is 0. The van der Waals surface area contributed by atoms with Gasteiger partial charge in [-0.3, -0.25) is 0 Å². The molecule has 1 aromatic rings. The molecule has 0 aromatic carbocycles. The average Bonchev–Trinajstić information content (AvgIpc) is 2.24. The van der Waals surface area contributed by atoms with Crippen LogP contribution in [0.5, 0.6) is 0 Å². The number of pyridine rings is 1. The second-order valence-electron chi connectivity index (χ2n) is 2.40. The summed E-state index contributed by atoms with van der Waals surface area (Å²) in [4.78, 5) is 3.95. The predicted octanol–water partition coefficient (Wildman–Crippen LogP) is 4.50. The van der Waals surface area contributed by atoms with E-state index in [0.717, 1.165) is 11.3 Å². The van der Waals surface area contributed by atoms with E-state index in [1.165, 1.54) is 0 Å². The number of hydrogen-bond acceptors (Lipinski definition) is 3. The van der Waals surface area contributed by atoms with Crippen LogP contribution in [0.4, 0.5) is 5.69 Å². The third-order valence-corrected chi connectivity index (χ3v) is 2.84. The van der Waals surface area contributed by atoms with Gasteiger partial charge in [-0.1, -0.05) is 25.4 Å². The van der Waals surface area contributed by atoms with Crippen LogP contribution in [-0.2, 0) is 0 Å². The molecule has 1 heterocycles. The van der Waals surface area contributed by atoms with E-state index in [1.807, 2.05) is 13.8 Å². The highest BCUT2D eigenvalue weighted by Crippen LogP contribution is 2.27. The molecular weight excluding hydrogens is 343 g/mol. The molecule has 0 aliphatic carbocycles. The van der Waals surface area contributed by atoms with Crippen molar-refractivity contribution < 1.29 is 0 Å². The number of anilines is 1. The third kappa shape index (κ3) is 5.09. The van der Waals surface area contributed by atoms with Crippen LogP contribution in [-0.4, -0.2) is 10.7 Å². The van der Waals surface area contributed by atoms with E-state index in [2.05, 4.69) is 32.1 Å². The third-order valence-electron chi connectivity index (χ3n) is 1.46. The molecular formula is C9H14ClIN3P. The summed E-state index contributed by atoms with van der Waals surface area (Å²) in [7, 11) is 0. The monoisotopic (exact) mass is 357 g/mol. The van der Waals surface area contributed by atoms with E-state index >= 15 is 0 Å². The van der Waals surface area contributed by atoms with E-state index in [4.69, 9.17) is 17.0 Å². The molecule has 0 amide bonds. The number of halogens is 2. The van der Waals surface area contributed by atoms with Crippen molar-refractivity contribution in [2.24, 2.45) is 0 Å². The molecule has 0 fully saturated rings. The lowest BCUT2D eigenvalue weighted by atomic mass is 10.1. The molecule has 0 aliphatic heterocycles. The van der Waals surface area contributed by atoms with Gasteiger partial charge < -0.3 is 10.5 Å². The van der Waals surface area contributed by atoms with Gasteiger partial charge in [0.25, 0.3) is 0 Å². The zero-order valence-electron chi connectivity index (χ0n) is 8.86. The van der Waals surface area contributed by atoms with Crippen molar-refractivity contribution in [2.75, 3.05) is 5.09 Å². The van der Waals surface area contributed by atoms with Gasteiger partial charge in [0.05, 0.1) is 11.9 Å². The lowest BCUT2D eigenvalue weighted by molar-refractivity contribution is 1.31. The summed E-state index contributed by atoms with van der Waals surface area (Å²) in [6.07, 6.45) is 2.22.